The number of carbonyl (C=O) groups is 3. The highest BCUT2D eigenvalue weighted by molar-refractivity contribution is 6.04. The van der Waals surface area contributed by atoms with Gasteiger partial charge in [0.15, 0.2) is 0 Å². The number of benzene rings is 4. The van der Waals surface area contributed by atoms with Gasteiger partial charge in [0.05, 0.1) is 23.8 Å². The molecule has 1 aliphatic carbocycles. The largest absolute Gasteiger partial charge is 0.478 e. The van der Waals surface area contributed by atoms with Crippen molar-refractivity contribution in [3.05, 3.63) is 137 Å². The monoisotopic (exact) mass is 562 g/mol. The quantitative estimate of drug-likeness (QED) is 0.211. The first-order valence-electron chi connectivity index (χ1n) is 14.2. The minimum Gasteiger partial charge on any atom is -0.478 e. The van der Waals surface area contributed by atoms with Crippen LogP contribution in [0, 0.1) is 5.92 Å². The molecule has 0 aromatic heterocycles. The van der Waals surface area contributed by atoms with E-state index in [9.17, 15) is 19.5 Å². The van der Waals surface area contributed by atoms with Crippen molar-refractivity contribution >= 4 is 23.7 Å². The molecule has 4 aromatic rings. The Bertz CT molecular complexity index is 1550. The van der Waals surface area contributed by atoms with Crippen LogP contribution < -0.4 is 5.32 Å². The van der Waals surface area contributed by atoms with Gasteiger partial charge >= 0.3 is 18.0 Å². The Balaban J connectivity index is 1.53. The van der Waals surface area contributed by atoms with Crippen LogP contribution in [0.15, 0.2) is 103 Å². The Morgan fingerprint density at radius 2 is 1.52 bits per heavy atom. The second-order valence-electron chi connectivity index (χ2n) is 10.5. The van der Waals surface area contributed by atoms with Crippen molar-refractivity contribution in [1.82, 2.24) is 4.90 Å². The highest BCUT2D eigenvalue weighted by Crippen LogP contribution is 2.41. The number of hydrogen-bond donors (Lipinski definition) is 2. The molecule has 0 aliphatic heterocycles. The third-order valence-corrected chi connectivity index (χ3v) is 7.73. The summed E-state index contributed by atoms with van der Waals surface area (Å²) in [5.74, 6) is -1.84. The number of carboxylic acids is 1. The van der Waals surface area contributed by atoms with Crippen LogP contribution in [0.3, 0.4) is 0 Å². The van der Waals surface area contributed by atoms with E-state index in [2.05, 4.69) is 29.6 Å². The number of fused-ring (bicyclic) bond motifs is 1. The molecule has 0 bridgehead atoms. The maximum absolute atomic E-state index is 14.2. The summed E-state index contributed by atoms with van der Waals surface area (Å²) >= 11 is 0. The maximum Gasteiger partial charge on any atom is 0.338 e. The van der Waals surface area contributed by atoms with Crippen LogP contribution in [0.4, 0.5) is 10.5 Å². The lowest BCUT2D eigenvalue weighted by atomic mass is 9.76. The molecular formula is C35H34N2O5. The third kappa shape index (κ3) is 6.52. The average molecular weight is 563 g/mol. The van der Waals surface area contributed by atoms with Gasteiger partial charge < -0.3 is 20.1 Å². The minimum absolute atomic E-state index is 0.0624. The van der Waals surface area contributed by atoms with Gasteiger partial charge in [-0.15, -0.1) is 0 Å². The van der Waals surface area contributed by atoms with E-state index in [1.807, 2.05) is 65.6 Å². The average Bonchev–Trinajstić information content (AvgIpc) is 3.01. The van der Waals surface area contributed by atoms with Gasteiger partial charge in [-0.1, -0.05) is 84.9 Å². The highest BCUT2D eigenvalue weighted by Gasteiger charge is 2.36. The maximum atomic E-state index is 14.2. The molecule has 1 aliphatic rings. The first-order chi connectivity index (χ1) is 20.4. The Labute approximate surface area is 245 Å². The van der Waals surface area contributed by atoms with Crippen LogP contribution >= 0.6 is 0 Å². The molecule has 0 spiro atoms. The fraction of sp³-hybridized carbons (Fsp3) is 0.229. The van der Waals surface area contributed by atoms with Crippen LogP contribution in [0.1, 0.15) is 62.4 Å². The lowest BCUT2D eigenvalue weighted by Crippen LogP contribution is -2.43. The summed E-state index contributed by atoms with van der Waals surface area (Å²) in [6.07, 6.45) is 2.67. The Hall–Kier alpha value is -4.91. The van der Waals surface area contributed by atoms with Crippen molar-refractivity contribution < 1.29 is 24.2 Å². The number of amides is 2. The first kappa shape index (κ1) is 28.6. The van der Waals surface area contributed by atoms with E-state index >= 15 is 0 Å². The number of nitrogens with one attached hydrogen (secondary N) is 1. The van der Waals surface area contributed by atoms with Crippen molar-refractivity contribution in [3.63, 3.8) is 0 Å². The topological polar surface area (TPSA) is 95.9 Å². The molecule has 0 radical (unpaired) electrons. The zero-order valence-electron chi connectivity index (χ0n) is 23.5. The predicted molar refractivity (Wildman–Crippen MR) is 162 cm³/mol. The predicted octanol–water partition coefficient (Wildman–Crippen LogP) is 7.14. The van der Waals surface area contributed by atoms with Crippen molar-refractivity contribution in [2.45, 2.75) is 38.8 Å². The fourth-order valence-corrected chi connectivity index (χ4v) is 5.81. The zero-order chi connectivity index (χ0) is 29.5. The van der Waals surface area contributed by atoms with Crippen LogP contribution in [0.5, 0.6) is 0 Å². The third-order valence-electron chi connectivity index (χ3n) is 7.73. The van der Waals surface area contributed by atoms with Crippen LogP contribution in [-0.4, -0.2) is 34.6 Å². The van der Waals surface area contributed by atoms with Gasteiger partial charge in [0, 0.05) is 12.2 Å². The molecule has 0 fully saturated rings. The van der Waals surface area contributed by atoms with E-state index in [0.29, 0.717) is 6.54 Å². The molecule has 5 rings (SSSR count). The van der Waals surface area contributed by atoms with E-state index in [1.54, 1.807) is 6.92 Å². The van der Waals surface area contributed by atoms with Crippen LogP contribution in [0.2, 0.25) is 0 Å². The van der Waals surface area contributed by atoms with Crippen molar-refractivity contribution in [2.24, 2.45) is 5.92 Å². The summed E-state index contributed by atoms with van der Waals surface area (Å²) in [5.41, 5.74) is 4.54. The lowest BCUT2D eigenvalue weighted by Gasteiger charge is -2.41. The van der Waals surface area contributed by atoms with Gasteiger partial charge in [-0.3, -0.25) is 0 Å². The molecule has 2 N–H and O–H groups in total. The lowest BCUT2D eigenvalue weighted by molar-refractivity contribution is 0.0514. The summed E-state index contributed by atoms with van der Waals surface area (Å²) in [6, 6.07) is 32.1. The Kier molecular flexibility index (Phi) is 8.97. The summed E-state index contributed by atoms with van der Waals surface area (Å²) in [7, 11) is 0. The normalized spacial score (nSPS) is 15.7. The number of anilines is 1. The molecule has 7 heteroatoms. The molecule has 2 amide bonds. The molecule has 0 heterocycles. The number of esters is 1. The molecule has 0 saturated carbocycles. The number of aromatic carboxylic acids is 1. The number of hydrogen-bond acceptors (Lipinski definition) is 4. The smallest absolute Gasteiger partial charge is 0.338 e. The van der Waals surface area contributed by atoms with Gasteiger partial charge in [0.25, 0.3) is 0 Å². The number of aryl methyl sites for hydroxylation is 1. The summed E-state index contributed by atoms with van der Waals surface area (Å²) in [6.45, 7) is 2.14. The molecule has 2 unspecified atom stereocenters. The van der Waals surface area contributed by atoms with Crippen molar-refractivity contribution in [3.8, 4) is 0 Å². The number of urea groups is 1. The molecule has 0 saturated heterocycles. The number of nitrogens with zero attached hydrogens (tertiary/aromatic N) is 1. The number of carbonyl (C=O) groups excluding carboxylic acids is 2. The Morgan fingerprint density at radius 1 is 0.857 bits per heavy atom. The van der Waals surface area contributed by atoms with E-state index in [4.69, 9.17) is 4.74 Å². The molecule has 2 atom stereocenters. The second kappa shape index (κ2) is 13.2. The highest BCUT2D eigenvalue weighted by atomic mass is 16.5. The molecule has 4 aromatic carbocycles. The minimum atomic E-state index is -1.28. The first-order valence-corrected chi connectivity index (χ1v) is 14.2. The number of carboxylic acid groups (broad SMARTS) is 1. The summed E-state index contributed by atoms with van der Waals surface area (Å²) in [5, 5.41) is 12.7. The van der Waals surface area contributed by atoms with E-state index in [1.165, 1.54) is 29.3 Å². The van der Waals surface area contributed by atoms with Crippen molar-refractivity contribution in [2.75, 3.05) is 11.9 Å². The molecule has 42 heavy (non-hydrogen) atoms. The Morgan fingerprint density at radius 3 is 2.21 bits per heavy atom. The van der Waals surface area contributed by atoms with Gasteiger partial charge in [-0.25, -0.2) is 14.4 Å². The van der Waals surface area contributed by atoms with Crippen molar-refractivity contribution in [1.29, 1.82) is 0 Å². The standard InChI is InChI=1S/C35H34N2O5/c1-2-42-34(40)30-20-19-28(22-31(30)33(38)39)36-35(41)37(23-25-13-7-4-8-14-25)32-27(21-24-11-5-3-6-12-24)18-17-26-15-9-10-16-29(26)32/h3-16,19-20,22,27,32H,2,17-18,21,23H2,1H3,(H,36,41)(H,38,39). The molecular weight excluding hydrogens is 528 g/mol. The van der Waals surface area contributed by atoms with Gasteiger partial charge in [0.1, 0.15) is 0 Å². The zero-order valence-corrected chi connectivity index (χ0v) is 23.5. The second-order valence-corrected chi connectivity index (χ2v) is 10.5. The van der Waals surface area contributed by atoms with E-state index in [0.717, 1.165) is 30.4 Å². The molecule has 214 valence electrons. The van der Waals surface area contributed by atoms with E-state index < -0.39 is 11.9 Å². The SMILES string of the molecule is CCOC(=O)c1ccc(NC(=O)N(Cc2ccccc2)C2c3ccccc3CCC2Cc2ccccc2)cc1C(=O)O. The number of ether oxygens (including phenoxy) is 1. The summed E-state index contributed by atoms with van der Waals surface area (Å²) < 4.78 is 5.02. The van der Waals surface area contributed by atoms with Crippen LogP contribution in [-0.2, 0) is 24.1 Å². The summed E-state index contributed by atoms with van der Waals surface area (Å²) in [4.78, 5) is 40.4. The molecule has 7 nitrogen and oxygen atoms in total. The van der Waals surface area contributed by atoms with E-state index in [-0.39, 0.29) is 41.4 Å². The van der Waals surface area contributed by atoms with Crippen LogP contribution in [0.25, 0.3) is 0 Å². The van der Waals surface area contributed by atoms with Gasteiger partial charge in [-0.05, 0) is 72.6 Å². The van der Waals surface area contributed by atoms with Gasteiger partial charge in [-0.2, -0.15) is 0 Å². The number of rotatable bonds is 9. The fourth-order valence-electron chi connectivity index (χ4n) is 5.81. The van der Waals surface area contributed by atoms with Gasteiger partial charge in [0.2, 0.25) is 0 Å².